The van der Waals surface area contributed by atoms with E-state index in [2.05, 4.69) is 15.5 Å². The van der Waals surface area contributed by atoms with E-state index in [-0.39, 0.29) is 17.5 Å². The SMILES string of the molecule is O=S1(=O)CCC(Nc2cnnc(Cl)c2)C1. The van der Waals surface area contributed by atoms with Crippen molar-refractivity contribution in [1.82, 2.24) is 10.2 Å². The van der Waals surface area contributed by atoms with E-state index < -0.39 is 9.84 Å². The summed E-state index contributed by atoms with van der Waals surface area (Å²) in [6.07, 6.45) is 2.15. The van der Waals surface area contributed by atoms with Gasteiger partial charge in [-0.25, -0.2) is 8.42 Å². The summed E-state index contributed by atoms with van der Waals surface area (Å²) in [5, 5.41) is 10.6. The molecule has 82 valence electrons. The van der Waals surface area contributed by atoms with Gasteiger partial charge in [0, 0.05) is 12.1 Å². The molecular formula is C8H10ClN3O2S. The van der Waals surface area contributed by atoms with Crippen LogP contribution < -0.4 is 5.32 Å². The van der Waals surface area contributed by atoms with Gasteiger partial charge in [-0.05, 0) is 6.42 Å². The highest BCUT2D eigenvalue weighted by Gasteiger charge is 2.27. The third kappa shape index (κ3) is 2.79. The molecule has 1 fully saturated rings. The van der Waals surface area contributed by atoms with E-state index in [0.29, 0.717) is 17.3 Å². The van der Waals surface area contributed by atoms with Crippen molar-refractivity contribution in [2.75, 3.05) is 16.8 Å². The maximum Gasteiger partial charge on any atom is 0.153 e. The summed E-state index contributed by atoms with van der Waals surface area (Å²) in [7, 11) is -2.86. The highest BCUT2D eigenvalue weighted by Crippen LogP contribution is 2.18. The van der Waals surface area contributed by atoms with Crippen molar-refractivity contribution >= 4 is 27.1 Å². The standard InChI is InChI=1S/C8H10ClN3O2S/c9-8-3-7(4-10-12-8)11-6-1-2-15(13,14)5-6/h3-4,6H,1-2,5H2,(H,11,12). The molecule has 0 radical (unpaired) electrons. The summed E-state index contributed by atoms with van der Waals surface area (Å²) in [6, 6.07) is 1.58. The van der Waals surface area contributed by atoms with Gasteiger partial charge in [-0.15, -0.1) is 5.10 Å². The van der Waals surface area contributed by atoms with Crippen LogP contribution in [0.5, 0.6) is 0 Å². The van der Waals surface area contributed by atoms with Crippen LogP contribution in [0.2, 0.25) is 5.15 Å². The zero-order valence-electron chi connectivity index (χ0n) is 7.85. The molecule has 1 aromatic heterocycles. The number of rotatable bonds is 2. The highest BCUT2D eigenvalue weighted by atomic mass is 35.5. The van der Waals surface area contributed by atoms with Crippen LogP contribution >= 0.6 is 11.6 Å². The molecule has 1 aromatic rings. The molecule has 5 nitrogen and oxygen atoms in total. The Morgan fingerprint density at radius 3 is 2.93 bits per heavy atom. The Bertz CT molecular complexity index is 463. The topological polar surface area (TPSA) is 72.0 Å². The highest BCUT2D eigenvalue weighted by molar-refractivity contribution is 7.91. The Morgan fingerprint density at radius 1 is 1.53 bits per heavy atom. The summed E-state index contributed by atoms with van der Waals surface area (Å²) in [4.78, 5) is 0. The van der Waals surface area contributed by atoms with Crippen LogP contribution in [0.1, 0.15) is 6.42 Å². The van der Waals surface area contributed by atoms with Crippen LogP contribution in [0.4, 0.5) is 5.69 Å². The Hall–Kier alpha value is -0.880. The minimum atomic E-state index is -2.86. The number of hydrogen-bond acceptors (Lipinski definition) is 5. The van der Waals surface area contributed by atoms with Gasteiger partial charge in [-0.3, -0.25) is 0 Å². The zero-order valence-corrected chi connectivity index (χ0v) is 9.42. The summed E-state index contributed by atoms with van der Waals surface area (Å²) in [5.74, 6) is 0.420. The third-order valence-corrected chi connectivity index (χ3v) is 4.18. The Kier molecular flexibility index (Phi) is 2.79. The van der Waals surface area contributed by atoms with Crippen molar-refractivity contribution in [2.24, 2.45) is 0 Å². The molecule has 1 N–H and O–H groups in total. The number of aromatic nitrogens is 2. The molecule has 1 saturated heterocycles. The minimum Gasteiger partial charge on any atom is -0.380 e. The predicted molar refractivity (Wildman–Crippen MR) is 57.7 cm³/mol. The molecule has 7 heteroatoms. The summed E-state index contributed by atoms with van der Waals surface area (Å²) < 4.78 is 22.4. The first kappa shape index (κ1) is 10.6. The molecule has 0 aromatic carbocycles. The number of hydrogen-bond donors (Lipinski definition) is 1. The molecule has 0 bridgehead atoms. The van der Waals surface area contributed by atoms with Gasteiger partial charge in [0.15, 0.2) is 15.0 Å². The van der Waals surface area contributed by atoms with Crippen molar-refractivity contribution in [3.05, 3.63) is 17.4 Å². The van der Waals surface area contributed by atoms with Crippen LogP contribution in [0.25, 0.3) is 0 Å². The van der Waals surface area contributed by atoms with E-state index in [9.17, 15) is 8.42 Å². The molecule has 1 unspecified atom stereocenters. The quantitative estimate of drug-likeness (QED) is 0.834. The molecule has 0 aliphatic carbocycles. The van der Waals surface area contributed by atoms with Gasteiger partial charge >= 0.3 is 0 Å². The molecule has 1 aliphatic heterocycles. The number of nitrogens with zero attached hydrogens (tertiary/aromatic N) is 2. The van der Waals surface area contributed by atoms with Crippen molar-refractivity contribution in [2.45, 2.75) is 12.5 Å². The average Bonchev–Trinajstić information content (AvgIpc) is 2.45. The van der Waals surface area contributed by atoms with Gasteiger partial charge in [-0.2, -0.15) is 5.10 Å². The fraction of sp³-hybridized carbons (Fsp3) is 0.500. The van der Waals surface area contributed by atoms with Crippen LogP contribution in [-0.4, -0.2) is 36.2 Å². The molecule has 0 saturated carbocycles. The zero-order chi connectivity index (χ0) is 10.9. The van der Waals surface area contributed by atoms with E-state index in [4.69, 9.17) is 11.6 Å². The molecular weight excluding hydrogens is 238 g/mol. The van der Waals surface area contributed by atoms with E-state index in [1.807, 2.05) is 0 Å². The second-order valence-electron chi connectivity index (χ2n) is 3.51. The average molecular weight is 248 g/mol. The number of halogens is 1. The molecule has 15 heavy (non-hydrogen) atoms. The fourth-order valence-electron chi connectivity index (χ4n) is 1.56. The lowest BCUT2D eigenvalue weighted by atomic mass is 10.2. The molecule has 2 rings (SSSR count). The number of anilines is 1. The van der Waals surface area contributed by atoms with Gasteiger partial charge in [0.1, 0.15) is 0 Å². The van der Waals surface area contributed by atoms with Crippen molar-refractivity contribution < 1.29 is 8.42 Å². The first-order valence-corrected chi connectivity index (χ1v) is 6.70. The van der Waals surface area contributed by atoms with Gasteiger partial charge in [0.25, 0.3) is 0 Å². The van der Waals surface area contributed by atoms with Crippen LogP contribution in [0, 0.1) is 0 Å². The lowest BCUT2D eigenvalue weighted by Crippen LogP contribution is -2.20. The van der Waals surface area contributed by atoms with E-state index in [1.54, 1.807) is 6.07 Å². The Balaban J connectivity index is 2.05. The number of sulfone groups is 1. The smallest absolute Gasteiger partial charge is 0.153 e. The first-order chi connectivity index (χ1) is 7.05. The lowest BCUT2D eigenvalue weighted by molar-refractivity contribution is 0.602. The predicted octanol–water partition coefficient (Wildman–Crippen LogP) is 0.729. The van der Waals surface area contributed by atoms with Crippen LogP contribution in [-0.2, 0) is 9.84 Å². The minimum absolute atomic E-state index is 0.0460. The van der Waals surface area contributed by atoms with E-state index >= 15 is 0 Å². The Labute approximate surface area is 92.8 Å². The maximum absolute atomic E-state index is 11.2. The normalized spacial score (nSPS) is 23.9. The monoisotopic (exact) mass is 247 g/mol. The largest absolute Gasteiger partial charge is 0.380 e. The van der Waals surface area contributed by atoms with Crippen LogP contribution in [0.3, 0.4) is 0 Å². The molecule has 2 heterocycles. The van der Waals surface area contributed by atoms with Crippen molar-refractivity contribution in [1.29, 1.82) is 0 Å². The van der Waals surface area contributed by atoms with Gasteiger partial charge < -0.3 is 5.32 Å². The van der Waals surface area contributed by atoms with Crippen molar-refractivity contribution in [3.8, 4) is 0 Å². The lowest BCUT2D eigenvalue weighted by Gasteiger charge is -2.11. The third-order valence-electron chi connectivity index (χ3n) is 2.23. The number of nitrogens with one attached hydrogen (secondary N) is 1. The van der Waals surface area contributed by atoms with E-state index in [1.165, 1.54) is 6.20 Å². The maximum atomic E-state index is 11.2. The van der Waals surface area contributed by atoms with Gasteiger partial charge in [0.05, 0.1) is 23.4 Å². The summed E-state index contributed by atoms with van der Waals surface area (Å²) >= 11 is 5.65. The first-order valence-electron chi connectivity index (χ1n) is 4.50. The molecule has 0 amide bonds. The van der Waals surface area contributed by atoms with E-state index in [0.717, 1.165) is 0 Å². The van der Waals surface area contributed by atoms with Gasteiger partial charge in [0.2, 0.25) is 0 Å². The van der Waals surface area contributed by atoms with Crippen LogP contribution in [0.15, 0.2) is 12.3 Å². The van der Waals surface area contributed by atoms with Crippen molar-refractivity contribution in [3.63, 3.8) is 0 Å². The summed E-state index contributed by atoms with van der Waals surface area (Å²) in [6.45, 7) is 0. The molecule has 0 spiro atoms. The second-order valence-corrected chi connectivity index (χ2v) is 6.13. The molecule has 1 aliphatic rings. The van der Waals surface area contributed by atoms with Gasteiger partial charge in [-0.1, -0.05) is 11.6 Å². The summed E-state index contributed by atoms with van der Waals surface area (Å²) in [5.41, 5.74) is 0.706. The Morgan fingerprint density at radius 2 is 2.33 bits per heavy atom. The second kappa shape index (κ2) is 3.94. The fourth-order valence-corrected chi connectivity index (χ4v) is 3.40. The molecule has 1 atom stereocenters.